The molecule has 120 valence electrons. The van der Waals surface area contributed by atoms with Gasteiger partial charge in [0.1, 0.15) is 0 Å². The summed E-state index contributed by atoms with van der Waals surface area (Å²) in [6.45, 7) is 4.95. The monoisotopic (exact) mass is 333 g/mol. The summed E-state index contributed by atoms with van der Waals surface area (Å²) in [6, 6.07) is 10.3. The maximum atomic E-state index is 12.2. The van der Waals surface area contributed by atoms with Crippen LogP contribution in [0.3, 0.4) is 0 Å². The van der Waals surface area contributed by atoms with E-state index in [1.54, 1.807) is 0 Å². The number of nitrogens with zero attached hydrogens (tertiary/aromatic N) is 2. The van der Waals surface area contributed by atoms with Crippen molar-refractivity contribution in [2.45, 2.75) is 13.0 Å². The van der Waals surface area contributed by atoms with E-state index >= 15 is 0 Å². The first-order chi connectivity index (χ1) is 9.25. The zero-order valence-electron chi connectivity index (χ0n) is 12.5. The Labute approximate surface area is 139 Å². The van der Waals surface area contributed by atoms with Gasteiger partial charge in [-0.1, -0.05) is 30.3 Å². The smallest absolute Gasteiger partial charge is 0.236 e. The lowest BCUT2D eigenvalue weighted by molar-refractivity contribution is -0.132. The molecule has 1 aromatic carbocycles. The molecule has 1 N–H and O–H groups in total. The van der Waals surface area contributed by atoms with Crippen molar-refractivity contribution in [2.75, 3.05) is 39.8 Å². The molecule has 1 saturated heterocycles. The van der Waals surface area contributed by atoms with E-state index in [9.17, 15) is 4.79 Å². The molecule has 2 rings (SSSR count). The fourth-order valence-corrected chi connectivity index (χ4v) is 2.38. The fourth-order valence-electron chi connectivity index (χ4n) is 2.38. The van der Waals surface area contributed by atoms with Crippen molar-refractivity contribution >= 4 is 30.7 Å². The topological polar surface area (TPSA) is 35.6 Å². The Morgan fingerprint density at radius 1 is 1.19 bits per heavy atom. The molecule has 0 unspecified atom stereocenters. The molecule has 0 bridgehead atoms. The first kappa shape index (κ1) is 20.2. The number of likely N-dealkylation sites (N-methyl/N-ethyl adjacent to an activating group) is 1. The van der Waals surface area contributed by atoms with E-state index in [0.29, 0.717) is 6.54 Å². The number of nitrogens with one attached hydrogen (secondary N) is 1. The molecule has 0 saturated carbocycles. The minimum atomic E-state index is 0. The quantitative estimate of drug-likeness (QED) is 0.912. The summed E-state index contributed by atoms with van der Waals surface area (Å²) in [7, 11) is 2.00. The zero-order chi connectivity index (χ0) is 13.5. The Bertz CT molecular complexity index is 395. The molecule has 0 aromatic heterocycles. The van der Waals surface area contributed by atoms with Gasteiger partial charge in [-0.3, -0.25) is 9.69 Å². The summed E-state index contributed by atoms with van der Waals surface area (Å²) < 4.78 is 0. The highest BCUT2D eigenvalue weighted by Crippen LogP contribution is 2.04. The first-order valence-corrected chi connectivity index (χ1v) is 6.96. The second-order valence-corrected chi connectivity index (χ2v) is 5.14. The van der Waals surface area contributed by atoms with E-state index in [1.165, 1.54) is 5.56 Å². The van der Waals surface area contributed by atoms with Crippen molar-refractivity contribution in [3.63, 3.8) is 0 Å². The van der Waals surface area contributed by atoms with Crippen molar-refractivity contribution in [3.8, 4) is 0 Å². The van der Waals surface area contributed by atoms with Crippen molar-refractivity contribution in [1.29, 1.82) is 0 Å². The zero-order valence-corrected chi connectivity index (χ0v) is 14.1. The largest absolute Gasteiger partial charge is 0.340 e. The van der Waals surface area contributed by atoms with Gasteiger partial charge < -0.3 is 10.2 Å². The summed E-state index contributed by atoms with van der Waals surface area (Å²) in [6.07, 6.45) is 1.05. The van der Waals surface area contributed by atoms with Gasteiger partial charge in [0.05, 0.1) is 6.54 Å². The van der Waals surface area contributed by atoms with Gasteiger partial charge in [-0.15, -0.1) is 24.8 Å². The normalized spacial score (nSPS) is 14.9. The van der Waals surface area contributed by atoms with Crippen LogP contribution in [-0.4, -0.2) is 55.5 Å². The average Bonchev–Trinajstić information content (AvgIpc) is 2.68. The van der Waals surface area contributed by atoms with Gasteiger partial charge >= 0.3 is 0 Å². The molecule has 1 aliphatic heterocycles. The van der Waals surface area contributed by atoms with E-state index in [0.717, 1.165) is 39.1 Å². The van der Waals surface area contributed by atoms with Gasteiger partial charge in [0.2, 0.25) is 5.91 Å². The van der Waals surface area contributed by atoms with Gasteiger partial charge in [0.25, 0.3) is 0 Å². The van der Waals surface area contributed by atoms with E-state index in [4.69, 9.17) is 0 Å². The van der Waals surface area contributed by atoms with Crippen LogP contribution in [0, 0.1) is 0 Å². The molecule has 1 heterocycles. The van der Waals surface area contributed by atoms with E-state index in [2.05, 4.69) is 22.3 Å². The minimum Gasteiger partial charge on any atom is -0.340 e. The number of hydrogen-bond acceptors (Lipinski definition) is 3. The third kappa shape index (κ3) is 7.14. The van der Waals surface area contributed by atoms with Crippen LogP contribution in [0.5, 0.6) is 0 Å². The van der Waals surface area contributed by atoms with Gasteiger partial charge in [-0.2, -0.15) is 0 Å². The Morgan fingerprint density at radius 3 is 2.62 bits per heavy atom. The minimum absolute atomic E-state index is 0. The number of rotatable bonds is 4. The Kier molecular flexibility index (Phi) is 10.4. The second kappa shape index (κ2) is 10.9. The number of hydrogen-bond donors (Lipinski definition) is 1. The molecule has 1 aliphatic rings. The lowest BCUT2D eigenvalue weighted by Gasteiger charge is -2.23. The van der Waals surface area contributed by atoms with Crippen LogP contribution >= 0.6 is 24.8 Å². The van der Waals surface area contributed by atoms with E-state index in [-0.39, 0.29) is 30.7 Å². The second-order valence-electron chi connectivity index (χ2n) is 5.14. The van der Waals surface area contributed by atoms with Crippen LogP contribution in [0.15, 0.2) is 30.3 Å². The van der Waals surface area contributed by atoms with E-state index < -0.39 is 0 Å². The molecule has 1 aromatic rings. The lowest BCUT2D eigenvalue weighted by Crippen LogP contribution is -2.40. The summed E-state index contributed by atoms with van der Waals surface area (Å²) in [5, 5.41) is 3.32. The molecule has 4 nitrogen and oxygen atoms in total. The number of halogens is 2. The molecule has 0 spiro atoms. The highest BCUT2D eigenvalue weighted by molar-refractivity contribution is 5.85. The van der Waals surface area contributed by atoms with Crippen LogP contribution in [0.4, 0.5) is 0 Å². The molecule has 0 radical (unpaired) electrons. The van der Waals surface area contributed by atoms with Gasteiger partial charge in [0.15, 0.2) is 0 Å². The molecule has 0 atom stereocenters. The van der Waals surface area contributed by atoms with Gasteiger partial charge in [-0.05, 0) is 25.6 Å². The molecule has 6 heteroatoms. The fraction of sp³-hybridized carbons (Fsp3) is 0.533. The number of carbonyl (C=O) groups excluding carboxylic acids is 1. The van der Waals surface area contributed by atoms with Crippen LogP contribution in [0.25, 0.3) is 0 Å². The lowest BCUT2D eigenvalue weighted by atomic mass is 10.2. The average molecular weight is 334 g/mol. The number of benzene rings is 1. The molecule has 1 amide bonds. The van der Waals surface area contributed by atoms with Crippen LogP contribution in [0.1, 0.15) is 12.0 Å². The predicted molar refractivity (Wildman–Crippen MR) is 91.3 cm³/mol. The molecule has 0 aliphatic carbocycles. The summed E-state index contributed by atoms with van der Waals surface area (Å²) in [5.41, 5.74) is 1.25. The van der Waals surface area contributed by atoms with Crippen LogP contribution < -0.4 is 5.32 Å². The SMILES string of the molecule is CN(CC(=O)N1CCCNCC1)Cc1ccccc1.Cl.Cl. The van der Waals surface area contributed by atoms with E-state index in [1.807, 2.05) is 30.1 Å². The van der Waals surface area contributed by atoms with Crippen molar-refractivity contribution in [3.05, 3.63) is 35.9 Å². The predicted octanol–water partition coefficient (Wildman–Crippen LogP) is 1.78. The highest BCUT2D eigenvalue weighted by Gasteiger charge is 2.16. The summed E-state index contributed by atoms with van der Waals surface area (Å²) in [4.78, 5) is 16.3. The molecule has 1 fully saturated rings. The Morgan fingerprint density at radius 2 is 1.90 bits per heavy atom. The maximum Gasteiger partial charge on any atom is 0.236 e. The standard InChI is InChI=1S/C15H23N3O.2ClH/c1-17(12-14-6-3-2-4-7-14)13-15(19)18-10-5-8-16-9-11-18;;/h2-4,6-7,16H,5,8-13H2,1H3;2*1H. The van der Waals surface area contributed by atoms with Crippen LogP contribution in [-0.2, 0) is 11.3 Å². The summed E-state index contributed by atoms with van der Waals surface area (Å²) in [5.74, 6) is 0.238. The highest BCUT2D eigenvalue weighted by atomic mass is 35.5. The first-order valence-electron chi connectivity index (χ1n) is 6.96. The number of carbonyl (C=O) groups is 1. The van der Waals surface area contributed by atoms with Crippen molar-refractivity contribution in [2.24, 2.45) is 0 Å². The molecule has 21 heavy (non-hydrogen) atoms. The van der Waals surface area contributed by atoms with Crippen molar-refractivity contribution in [1.82, 2.24) is 15.1 Å². The number of amides is 1. The third-order valence-corrected chi connectivity index (χ3v) is 3.39. The summed E-state index contributed by atoms with van der Waals surface area (Å²) >= 11 is 0. The van der Waals surface area contributed by atoms with Crippen molar-refractivity contribution < 1.29 is 4.79 Å². The maximum absolute atomic E-state index is 12.2. The molecular weight excluding hydrogens is 309 g/mol. The van der Waals surface area contributed by atoms with Gasteiger partial charge in [-0.25, -0.2) is 0 Å². The third-order valence-electron chi connectivity index (χ3n) is 3.39. The van der Waals surface area contributed by atoms with Gasteiger partial charge in [0, 0.05) is 26.2 Å². The Balaban J connectivity index is 0.00000200. The Hall–Kier alpha value is -0.810. The molecular formula is C15H25Cl2N3O. The van der Waals surface area contributed by atoms with Crippen LogP contribution in [0.2, 0.25) is 0 Å².